The number of benzene rings is 2. The number of carbonyl (C=O) groups is 3. The Balaban J connectivity index is 1.50. The largest absolute Gasteiger partial charge is 0.481 e. The molecule has 4 rings (SSSR count). The predicted molar refractivity (Wildman–Crippen MR) is 136 cm³/mol. The Bertz CT molecular complexity index is 1170. The van der Waals surface area contributed by atoms with E-state index in [9.17, 15) is 32.7 Å². The van der Waals surface area contributed by atoms with E-state index >= 15 is 0 Å². The highest BCUT2D eigenvalue weighted by molar-refractivity contribution is 5.97. The van der Waals surface area contributed by atoms with E-state index in [4.69, 9.17) is 0 Å². The molecule has 0 spiro atoms. The third-order valence-electron chi connectivity index (χ3n) is 7.98. The number of aliphatic carboxylic acids is 1. The van der Waals surface area contributed by atoms with E-state index in [0.29, 0.717) is 17.7 Å². The van der Waals surface area contributed by atoms with E-state index in [0.717, 1.165) is 0 Å². The fraction of sp³-hybridized carbons (Fsp3) is 0.483. The van der Waals surface area contributed by atoms with Gasteiger partial charge in [-0.15, -0.1) is 0 Å². The first-order valence-corrected chi connectivity index (χ1v) is 13.0. The summed E-state index contributed by atoms with van der Waals surface area (Å²) >= 11 is 0. The number of likely N-dealkylation sites (tertiary alicyclic amines) is 1. The average molecular weight is 531 g/mol. The van der Waals surface area contributed by atoms with Gasteiger partial charge in [0.05, 0.1) is 11.3 Å². The van der Waals surface area contributed by atoms with Crippen molar-refractivity contribution >= 4 is 23.5 Å². The Morgan fingerprint density at radius 3 is 2.34 bits per heavy atom. The van der Waals surface area contributed by atoms with Gasteiger partial charge in [-0.2, -0.15) is 0 Å². The van der Waals surface area contributed by atoms with Gasteiger partial charge in [0, 0.05) is 44.1 Å². The zero-order chi connectivity index (χ0) is 27.5. The average Bonchev–Trinajstić information content (AvgIpc) is 2.88. The van der Waals surface area contributed by atoms with Gasteiger partial charge in [-0.25, -0.2) is 13.2 Å². The molecule has 2 aromatic rings. The van der Waals surface area contributed by atoms with E-state index in [-0.39, 0.29) is 51.1 Å². The molecule has 2 amide bonds. The highest BCUT2D eigenvalue weighted by Gasteiger charge is 2.47. The van der Waals surface area contributed by atoms with Crippen LogP contribution in [-0.4, -0.2) is 52.8 Å². The van der Waals surface area contributed by atoms with Gasteiger partial charge in [-0.1, -0.05) is 30.3 Å². The first kappa shape index (κ1) is 27.7. The molecular formula is C29H33F3N2O4. The maximum Gasteiger partial charge on any atom is 0.310 e. The van der Waals surface area contributed by atoms with Crippen LogP contribution < -0.4 is 4.90 Å². The number of carboxylic acids is 1. The van der Waals surface area contributed by atoms with Crippen LogP contribution in [0.1, 0.15) is 63.4 Å². The summed E-state index contributed by atoms with van der Waals surface area (Å²) < 4.78 is 42.2. The van der Waals surface area contributed by atoms with Crippen LogP contribution in [0.3, 0.4) is 0 Å². The minimum atomic E-state index is -2.88. The van der Waals surface area contributed by atoms with Gasteiger partial charge in [-0.3, -0.25) is 14.4 Å². The number of para-hydroxylation sites is 1. The molecule has 6 nitrogen and oxygen atoms in total. The molecule has 0 radical (unpaired) electrons. The summed E-state index contributed by atoms with van der Waals surface area (Å²) in [6.45, 7) is 1.94. The zero-order valence-electron chi connectivity index (χ0n) is 21.4. The van der Waals surface area contributed by atoms with Crippen LogP contribution in [0.5, 0.6) is 0 Å². The Morgan fingerprint density at radius 1 is 1.05 bits per heavy atom. The fourth-order valence-electron chi connectivity index (χ4n) is 5.70. The summed E-state index contributed by atoms with van der Waals surface area (Å²) in [5.41, 5.74) is -0.416. The summed E-state index contributed by atoms with van der Waals surface area (Å²) in [5.74, 6) is -5.82. The van der Waals surface area contributed by atoms with Crippen LogP contribution in [0.4, 0.5) is 18.9 Å². The topological polar surface area (TPSA) is 77.9 Å². The molecule has 0 bridgehead atoms. The second-order valence-corrected chi connectivity index (χ2v) is 10.6. The number of carboxylic acid groups (broad SMARTS) is 1. The Hall–Kier alpha value is -3.36. The predicted octanol–water partition coefficient (Wildman–Crippen LogP) is 5.62. The summed E-state index contributed by atoms with van der Waals surface area (Å²) in [4.78, 5) is 42.2. The molecule has 38 heavy (non-hydrogen) atoms. The molecule has 9 heteroatoms. The van der Waals surface area contributed by atoms with Gasteiger partial charge in [0.1, 0.15) is 5.82 Å². The highest BCUT2D eigenvalue weighted by Crippen LogP contribution is 2.41. The van der Waals surface area contributed by atoms with Gasteiger partial charge in [0.2, 0.25) is 17.7 Å². The number of anilines is 1. The lowest BCUT2D eigenvalue weighted by atomic mass is 9.74. The molecular weight excluding hydrogens is 497 g/mol. The zero-order valence-corrected chi connectivity index (χ0v) is 21.4. The van der Waals surface area contributed by atoms with Crippen LogP contribution in [0, 0.1) is 11.2 Å². The quantitative estimate of drug-likeness (QED) is 0.504. The van der Waals surface area contributed by atoms with Gasteiger partial charge >= 0.3 is 5.97 Å². The SMILES string of the molecule is CC(C(=O)N1CCC(CC(=O)N(c2ccccc2)C2CCCC(F)(F)C2)(C(=O)O)CC1)c1cccc(F)c1. The second-order valence-electron chi connectivity index (χ2n) is 10.6. The van der Waals surface area contributed by atoms with Crippen molar-refractivity contribution in [3.8, 4) is 0 Å². The van der Waals surface area contributed by atoms with Crippen LogP contribution in [0.25, 0.3) is 0 Å². The first-order valence-electron chi connectivity index (χ1n) is 13.0. The fourth-order valence-corrected chi connectivity index (χ4v) is 5.70. The Morgan fingerprint density at radius 2 is 1.74 bits per heavy atom. The van der Waals surface area contributed by atoms with Gasteiger partial charge in [0.25, 0.3) is 0 Å². The Kier molecular flexibility index (Phi) is 8.13. The number of carbonyl (C=O) groups excluding carboxylic acids is 2. The van der Waals surface area contributed by atoms with Crippen molar-refractivity contribution in [2.45, 2.75) is 69.8 Å². The number of alkyl halides is 2. The van der Waals surface area contributed by atoms with Crippen molar-refractivity contribution in [3.05, 3.63) is 66.0 Å². The van der Waals surface area contributed by atoms with Crippen LogP contribution in [0.15, 0.2) is 54.6 Å². The molecule has 1 aliphatic heterocycles. The van der Waals surface area contributed by atoms with Crippen molar-refractivity contribution in [3.63, 3.8) is 0 Å². The lowest BCUT2D eigenvalue weighted by molar-refractivity contribution is -0.157. The normalized spacial score (nSPS) is 21.4. The summed E-state index contributed by atoms with van der Waals surface area (Å²) in [7, 11) is 0. The standard InChI is InChI=1S/C29H33F3N2O4/c1-20(21-7-5-8-22(30)17-21)26(36)33-15-13-28(14-16-33,27(37)38)19-25(35)34(23-9-3-2-4-10-23)24-11-6-12-29(31,32)18-24/h2-5,7-10,17,20,24H,6,11-16,18-19H2,1H3,(H,37,38). The van der Waals surface area contributed by atoms with E-state index in [1.807, 2.05) is 0 Å². The number of hydrogen-bond donors (Lipinski definition) is 1. The number of hydrogen-bond acceptors (Lipinski definition) is 3. The molecule has 2 fully saturated rings. The summed E-state index contributed by atoms with van der Waals surface area (Å²) in [5, 5.41) is 10.2. The number of rotatable bonds is 7. The second kappa shape index (κ2) is 11.2. The van der Waals surface area contributed by atoms with Crippen molar-refractivity contribution in [1.29, 1.82) is 0 Å². The highest BCUT2D eigenvalue weighted by atomic mass is 19.3. The molecule has 1 saturated carbocycles. The number of halogens is 3. The van der Waals surface area contributed by atoms with Crippen molar-refractivity contribution in [2.75, 3.05) is 18.0 Å². The molecule has 2 aromatic carbocycles. The number of piperidine rings is 1. The first-order chi connectivity index (χ1) is 18.0. The molecule has 1 aliphatic carbocycles. The van der Waals surface area contributed by atoms with E-state index in [1.54, 1.807) is 48.2 Å². The lowest BCUT2D eigenvalue weighted by Gasteiger charge is -2.42. The van der Waals surface area contributed by atoms with E-state index in [2.05, 4.69) is 0 Å². The van der Waals surface area contributed by atoms with E-state index < -0.39 is 47.4 Å². The molecule has 1 heterocycles. The third-order valence-corrected chi connectivity index (χ3v) is 7.98. The van der Waals surface area contributed by atoms with Crippen molar-refractivity contribution in [1.82, 2.24) is 4.90 Å². The summed E-state index contributed by atoms with van der Waals surface area (Å²) in [6.07, 6.45) is -0.236. The minimum Gasteiger partial charge on any atom is -0.481 e. The molecule has 1 N–H and O–H groups in total. The molecule has 2 atom stereocenters. The lowest BCUT2D eigenvalue weighted by Crippen LogP contribution is -2.52. The van der Waals surface area contributed by atoms with Crippen LogP contribution >= 0.6 is 0 Å². The van der Waals surface area contributed by atoms with Crippen molar-refractivity contribution < 1.29 is 32.7 Å². The summed E-state index contributed by atoms with van der Waals surface area (Å²) in [6, 6.07) is 13.6. The van der Waals surface area contributed by atoms with Crippen LogP contribution in [0.2, 0.25) is 0 Å². The Labute approximate surface area is 220 Å². The van der Waals surface area contributed by atoms with Gasteiger partial charge in [-0.05, 0) is 62.4 Å². The molecule has 1 saturated heterocycles. The smallest absolute Gasteiger partial charge is 0.310 e. The number of amides is 2. The van der Waals surface area contributed by atoms with Crippen LogP contribution in [-0.2, 0) is 14.4 Å². The third kappa shape index (κ3) is 6.03. The monoisotopic (exact) mass is 530 g/mol. The molecule has 2 aliphatic rings. The maximum atomic E-state index is 14.3. The van der Waals surface area contributed by atoms with Gasteiger partial charge in [0.15, 0.2) is 0 Å². The maximum absolute atomic E-state index is 14.3. The van der Waals surface area contributed by atoms with E-state index in [1.165, 1.54) is 23.1 Å². The number of nitrogens with zero attached hydrogens (tertiary/aromatic N) is 2. The molecule has 204 valence electrons. The molecule has 0 aromatic heterocycles. The van der Waals surface area contributed by atoms with Crippen molar-refractivity contribution in [2.24, 2.45) is 5.41 Å². The minimum absolute atomic E-state index is 0.0547. The molecule has 2 unspecified atom stereocenters. The van der Waals surface area contributed by atoms with Gasteiger partial charge < -0.3 is 14.9 Å².